The highest BCUT2D eigenvalue weighted by Gasteiger charge is 2.07. The zero-order valence-electron chi connectivity index (χ0n) is 12.1. The third-order valence-corrected chi connectivity index (χ3v) is 4.54. The molecule has 0 aromatic heterocycles. The van der Waals surface area contributed by atoms with Gasteiger partial charge in [-0.3, -0.25) is 9.59 Å². The van der Waals surface area contributed by atoms with Gasteiger partial charge < -0.3 is 10.1 Å². The Hall–Kier alpha value is -1.58. The molecule has 0 unspecified atom stereocenters. The number of sulfonamides is 1. The van der Waals surface area contributed by atoms with Crippen LogP contribution in [0.5, 0.6) is 0 Å². The minimum Gasteiger partial charge on any atom is -0.469 e. The quantitative estimate of drug-likeness (QED) is 0.515. The first-order chi connectivity index (χ1) is 10.3. The average molecular weight is 346 g/mol. The van der Waals surface area contributed by atoms with Crippen molar-refractivity contribution in [1.29, 1.82) is 0 Å². The van der Waals surface area contributed by atoms with Crippen molar-refractivity contribution in [3.63, 3.8) is 0 Å². The lowest BCUT2D eigenvalue weighted by Gasteiger charge is -2.06. The summed E-state index contributed by atoms with van der Waals surface area (Å²) >= 11 is 1.34. The number of hydrogen-bond donors (Lipinski definition) is 2. The number of hydrogen-bond acceptors (Lipinski definition) is 6. The molecule has 0 heterocycles. The van der Waals surface area contributed by atoms with Crippen molar-refractivity contribution in [2.75, 3.05) is 18.6 Å². The molecule has 9 heteroatoms. The van der Waals surface area contributed by atoms with E-state index in [1.807, 2.05) is 0 Å². The second-order valence-corrected chi connectivity index (χ2v) is 7.01. The minimum atomic E-state index is -3.70. The second kappa shape index (κ2) is 8.76. The Morgan fingerprint density at radius 3 is 2.45 bits per heavy atom. The van der Waals surface area contributed by atoms with E-state index < -0.39 is 10.0 Å². The molecule has 1 amide bonds. The summed E-state index contributed by atoms with van der Waals surface area (Å²) in [7, 11) is -2.38. The highest BCUT2D eigenvalue weighted by Crippen LogP contribution is 2.09. The van der Waals surface area contributed by atoms with Gasteiger partial charge in [0.05, 0.1) is 24.2 Å². The van der Waals surface area contributed by atoms with E-state index >= 15 is 0 Å². The van der Waals surface area contributed by atoms with Gasteiger partial charge in [0.15, 0.2) is 0 Å². The van der Waals surface area contributed by atoms with Crippen molar-refractivity contribution in [3.05, 3.63) is 29.8 Å². The molecule has 7 nitrogen and oxygen atoms in total. The predicted molar refractivity (Wildman–Crippen MR) is 83.6 cm³/mol. The molecule has 0 fully saturated rings. The highest BCUT2D eigenvalue weighted by atomic mass is 32.2. The molecule has 1 aromatic rings. The molecule has 3 N–H and O–H groups in total. The predicted octanol–water partition coefficient (Wildman–Crippen LogP) is 0.246. The van der Waals surface area contributed by atoms with Crippen LogP contribution < -0.4 is 10.5 Å². The Kier molecular flexibility index (Phi) is 7.36. The second-order valence-electron chi connectivity index (χ2n) is 4.34. The summed E-state index contributed by atoms with van der Waals surface area (Å²) in [6.07, 6.45) is 0.267. The summed E-state index contributed by atoms with van der Waals surface area (Å²) in [5, 5.41) is 7.70. The number of carbonyl (C=O) groups is 2. The monoisotopic (exact) mass is 346 g/mol. The van der Waals surface area contributed by atoms with Gasteiger partial charge in [0.1, 0.15) is 0 Å². The van der Waals surface area contributed by atoms with Gasteiger partial charge in [-0.2, -0.15) is 11.8 Å². The normalized spacial score (nSPS) is 11.0. The molecule has 0 spiro atoms. The van der Waals surface area contributed by atoms with E-state index in [0.717, 1.165) is 5.56 Å². The van der Waals surface area contributed by atoms with Crippen LogP contribution in [0.1, 0.15) is 12.0 Å². The number of amides is 1. The molecule has 0 saturated heterocycles. The topological polar surface area (TPSA) is 116 Å². The van der Waals surface area contributed by atoms with Crippen LogP contribution in [0.3, 0.4) is 0 Å². The maximum Gasteiger partial charge on any atom is 0.306 e. The van der Waals surface area contributed by atoms with Gasteiger partial charge in [0.2, 0.25) is 15.9 Å². The van der Waals surface area contributed by atoms with Crippen molar-refractivity contribution < 1.29 is 22.7 Å². The number of carbonyl (C=O) groups excluding carboxylic acids is 2. The number of nitrogens with two attached hydrogens (primary N) is 1. The van der Waals surface area contributed by atoms with E-state index in [9.17, 15) is 18.0 Å². The van der Waals surface area contributed by atoms with Crippen molar-refractivity contribution in [2.45, 2.75) is 17.9 Å². The standard InChI is InChI=1S/C13H18N2O5S2/c1-20-13(17)6-7-21-9-12(16)15-8-10-2-4-11(5-3-10)22(14,18)19/h2-5H,6-9H2,1H3,(H,15,16)(H2,14,18,19). The van der Waals surface area contributed by atoms with Crippen LogP contribution >= 0.6 is 11.8 Å². The molecule has 0 aliphatic carbocycles. The molecule has 0 aliphatic rings. The van der Waals surface area contributed by atoms with Crippen LogP contribution in [0, 0.1) is 0 Å². The van der Waals surface area contributed by atoms with Gasteiger partial charge in [0, 0.05) is 12.3 Å². The van der Waals surface area contributed by atoms with Crippen LogP contribution in [0.4, 0.5) is 0 Å². The zero-order valence-corrected chi connectivity index (χ0v) is 13.7. The first-order valence-electron chi connectivity index (χ1n) is 6.36. The van der Waals surface area contributed by atoms with Crippen molar-refractivity contribution >= 4 is 33.7 Å². The summed E-state index contributed by atoms with van der Waals surface area (Å²) in [5.74, 6) is 0.295. The first-order valence-corrected chi connectivity index (χ1v) is 9.06. The maximum atomic E-state index is 11.6. The largest absolute Gasteiger partial charge is 0.469 e. The molecule has 122 valence electrons. The Morgan fingerprint density at radius 1 is 1.27 bits per heavy atom. The summed E-state index contributed by atoms with van der Waals surface area (Å²) < 4.78 is 26.7. The van der Waals surface area contributed by atoms with Crippen LogP contribution in [-0.2, 0) is 30.9 Å². The number of thioether (sulfide) groups is 1. The van der Waals surface area contributed by atoms with Crippen LogP contribution in [0.25, 0.3) is 0 Å². The van der Waals surface area contributed by atoms with Crippen LogP contribution in [0.15, 0.2) is 29.2 Å². The lowest BCUT2D eigenvalue weighted by atomic mass is 10.2. The van der Waals surface area contributed by atoms with Gasteiger partial charge in [-0.1, -0.05) is 12.1 Å². The summed E-state index contributed by atoms with van der Waals surface area (Å²) in [4.78, 5) is 22.5. The van der Waals surface area contributed by atoms with E-state index in [1.165, 1.54) is 31.0 Å². The van der Waals surface area contributed by atoms with E-state index in [0.29, 0.717) is 12.3 Å². The lowest BCUT2D eigenvalue weighted by Crippen LogP contribution is -2.24. The summed E-state index contributed by atoms with van der Waals surface area (Å²) in [6, 6.07) is 5.96. The number of nitrogens with one attached hydrogen (secondary N) is 1. The van der Waals surface area contributed by atoms with Crippen molar-refractivity contribution in [3.8, 4) is 0 Å². The fourth-order valence-corrected chi connectivity index (χ4v) is 2.73. The minimum absolute atomic E-state index is 0.0287. The van der Waals surface area contributed by atoms with Gasteiger partial charge in [-0.25, -0.2) is 13.6 Å². The number of benzene rings is 1. The van der Waals surface area contributed by atoms with Gasteiger partial charge in [0.25, 0.3) is 0 Å². The fourth-order valence-electron chi connectivity index (χ4n) is 1.47. The number of rotatable bonds is 8. The van der Waals surface area contributed by atoms with Crippen molar-refractivity contribution in [1.82, 2.24) is 5.32 Å². The average Bonchev–Trinajstić information content (AvgIpc) is 2.48. The summed E-state index contributed by atoms with van der Waals surface area (Å²) in [5.41, 5.74) is 0.764. The number of ether oxygens (including phenoxy) is 1. The first kappa shape index (κ1) is 18.5. The number of esters is 1. The molecule has 0 atom stereocenters. The SMILES string of the molecule is COC(=O)CCSCC(=O)NCc1ccc(S(N)(=O)=O)cc1. The van der Waals surface area contributed by atoms with Gasteiger partial charge in [-0.05, 0) is 17.7 Å². The van der Waals surface area contributed by atoms with Gasteiger partial charge in [-0.15, -0.1) is 0 Å². The van der Waals surface area contributed by atoms with E-state index in [1.54, 1.807) is 12.1 Å². The number of primary sulfonamides is 1. The molecule has 22 heavy (non-hydrogen) atoms. The Morgan fingerprint density at radius 2 is 1.91 bits per heavy atom. The smallest absolute Gasteiger partial charge is 0.306 e. The van der Waals surface area contributed by atoms with Crippen LogP contribution in [0.2, 0.25) is 0 Å². The molecule has 1 rings (SSSR count). The molecular weight excluding hydrogens is 328 g/mol. The van der Waals surface area contributed by atoms with E-state index in [4.69, 9.17) is 5.14 Å². The molecule has 0 saturated carbocycles. The fraction of sp³-hybridized carbons (Fsp3) is 0.385. The van der Waals surface area contributed by atoms with Gasteiger partial charge >= 0.3 is 5.97 Å². The third-order valence-electron chi connectivity index (χ3n) is 2.65. The van der Waals surface area contributed by atoms with Crippen molar-refractivity contribution in [2.24, 2.45) is 5.14 Å². The van der Waals surface area contributed by atoms with E-state index in [-0.39, 0.29) is 28.9 Å². The third kappa shape index (κ3) is 6.92. The Bertz CT molecular complexity index is 614. The zero-order chi connectivity index (χ0) is 16.6. The van der Waals surface area contributed by atoms with E-state index in [2.05, 4.69) is 10.1 Å². The molecule has 0 aliphatic heterocycles. The Balaban J connectivity index is 2.31. The molecule has 1 aromatic carbocycles. The molecular formula is C13H18N2O5S2. The molecule has 0 radical (unpaired) electrons. The highest BCUT2D eigenvalue weighted by molar-refractivity contribution is 7.99. The summed E-state index contributed by atoms with van der Waals surface area (Å²) in [6.45, 7) is 0.293. The maximum absolute atomic E-state index is 11.6. The van der Waals surface area contributed by atoms with Crippen LogP contribution in [-0.4, -0.2) is 38.9 Å². The molecule has 0 bridgehead atoms. The Labute approximate surface area is 133 Å². The lowest BCUT2D eigenvalue weighted by molar-refractivity contribution is -0.140. The number of methoxy groups -OCH3 is 1.